The van der Waals surface area contributed by atoms with E-state index in [9.17, 15) is 8.76 Å². The first-order valence-electron chi connectivity index (χ1n) is 11.1. The van der Waals surface area contributed by atoms with Crippen LogP contribution in [-0.2, 0) is 11.3 Å². The molecule has 0 radical (unpaired) electrons. The first kappa shape index (κ1) is 23.8. The van der Waals surface area contributed by atoms with Gasteiger partial charge in [0.05, 0.1) is 17.4 Å². The Morgan fingerprint density at radius 3 is 2.43 bits per heavy atom. The average molecular weight is 520 g/mol. The zero-order valence-corrected chi connectivity index (χ0v) is 21.1. The van der Waals surface area contributed by atoms with Crippen molar-refractivity contribution in [1.29, 1.82) is 0 Å². The van der Waals surface area contributed by atoms with Crippen LogP contribution in [-0.4, -0.2) is 24.8 Å². The van der Waals surface area contributed by atoms with Gasteiger partial charge in [0.15, 0.2) is 5.13 Å². The monoisotopic (exact) mass is 519 g/mol. The van der Waals surface area contributed by atoms with Crippen LogP contribution < -0.4 is 10.0 Å². The number of rotatable bonds is 9. The number of aromatic nitrogens is 2. The van der Waals surface area contributed by atoms with E-state index in [1.807, 2.05) is 48.6 Å². The van der Waals surface area contributed by atoms with Gasteiger partial charge in [0.2, 0.25) is 0 Å². The molecule has 3 atom stereocenters. The molecule has 4 aromatic rings. The fourth-order valence-corrected chi connectivity index (χ4v) is 5.96. The molecule has 1 aliphatic carbocycles. The van der Waals surface area contributed by atoms with Gasteiger partial charge in [-0.1, -0.05) is 78.9 Å². The second-order valence-corrected chi connectivity index (χ2v) is 10.5. The summed E-state index contributed by atoms with van der Waals surface area (Å²) in [4.78, 5) is 9.77. The maximum Gasteiger partial charge on any atom is 0.183 e. The van der Waals surface area contributed by atoms with Crippen molar-refractivity contribution in [3.8, 4) is 21.8 Å². The number of nitrogens with zero attached hydrogens (tertiary/aromatic N) is 2. The average Bonchev–Trinajstić information content (AvgIpc) is 3.56. The summed E-state index contributed by atoms with van der Waals surface area (Å²) in [5.74, 6) is 0. The smallest absolute Gasteiger partial charge is 0.183 e. The Kier molecular flexibility index (Phi) is 7.60. The Morgan fingerprint density at radius 2 is 1.74 bits per heavy atom. The molecule has 2 N–H and O–H groups in total. The number of thiazole rings is 2. The van der Waals surface area contributed by atoms with Crippen LogP contribution in [0.2, 0.25) is 0 Å². The van der Waals surface area contributed by atoms with Crippen molar-refractivity contribution >= 4 is 39.1 Å². The molecule has 35 heavy (non-hydrogen) atoms. The third-order valence-corrected chi connectivity index (χ3v) is 7.81. The van der Waals surface area contributed by atoms with Crippen LogP contribution >= 0.6 is 22.7 Å². The van der Waals surface area contributed by atoms with Gasteiger partial charge in [0, 0.05) is 39.2 Å². The molecule has 0 aliphatic heterocycles. The van der Waals surface area contributed by atoms with Crippen LogP contribution in [0.4, 0.5) is 5.13 Å². The van der Waals surface area contributed by atoms with Gasteiger partial charge in [-0.25, -0.2) is 14.7 Å². The lowest BCUT2D eigenvalue weighted by Crippen LogP contribution is -2.29. The van der Waals surface area contributed by atoms with Gasteiger partial charge in [-0.05, 0) is 18.4 Å². The highest BCUT2D eigenvalue weighted by Crippen LogP contribution is 2.34. The van der Waals surface area contributed by atoms with Gasteiger partial charge in [0.1, 0.15) is 5.01 Å². The van der Waals surface area contributed by atoms with Crippen LogP contribution in [0.3, 0.4) is 0 Å². The molecule has 2 aromatic heterocycles. The molecule has 0 amide bonds. The standard InChI is InChI=1S/C26H24N4O2S3/c31-35(32)30-21-13-11-18(12-14-21)15-22(24-17-33-25(27-24)20-9-5-2-6-10-20)28-26-29-23(16-34-26)19-7-3-1-4-8-19/h1-13,16-17,21-22,30H,14-15H2,(H,28,29)(H,31,32)/p-1/t21?,22-/m0/s1. The molecule has 0 spiro atoms. The van der Waals surface area contributed by atoms with E-state index in [-0.39, 0.29) is 12.1 Å². The second-order valence-electron chi connectivity index (χ2n) is 8.08. The molecule has 178 valence electrons. The molecule has 0 saturated heterocycles. The zero-order chi connectivity index (χ0) is 24.0. The SMILES string of the molecule is O=S([O-])NC1C=CC(C[C@H](Nc2nc(-c3ccccc3)cs2)c2csc(-c3ccccc3)n2)=CC1. The zero-order valence-electron chi connectivity index (χ0n) is 18.7. The molecule has 0 fully saturated rings. The highest BCUT2D eigenvalue weighted by molar-refractivity contribution is 7.77. The van der Waals surface area contributed by atoms with Crippen LogP contribution in [0.25, 0.3) is 21.8 Å². The van der Waals surface area contributed by atoms with E-state index < -0.39 is 11.3 Å². The normalized spacial score (nSPS) is 17.1. The lowest BCUT2D eigenvalue weighted by molar-refractivity contribution is 0.514. The predicted octanol–water partition coefficient (Wildman–Crippen LogP) is 6.12. The number of benzene rings is 2. The van der Waals surface area contributed by atoms with Crippen LogP contribution in [0.1, 0.15) is 24.6 Å². The predicted molar refractivity (Wildman–Crippen MR) is 144 cm³/mol. The fourth-order valence-electron chi connectivity index (χ4n) is 3.88. The van der Waals surface area contributed by atoms with Crippen molar-refractivity contribution in [2.24, 2.45) is 0 Å². The minimum atomic E-state index is -2.28. The molecule has 2 heterocycles. The number of hydrogen-bond acceptors (Lipinski definition) is 7. The van der Waals surface area contributed by atoms with Gasteiger partial charge in [0.25, 0.3) is 0 Å². The van der Waals surface area contributed by atoms with E-state index in [1.54, 1.807) is 22.7 Å². The lowest BCUT2D eigenvalue weighted by Gasteiger charge is -2.22. The molecule has 0 bridgehead atoms. The molecule has 6 nitrogen and oxygen atoms in total. The molecule has 2 aromatic carbocycles. The molecule has 2 unspecified atom stereocenters. The summed E-state index contributed by atoms with van der Waals surface area (Å²) in [5.41, 5.74) is 5.21. The Morgan fingerprint density at radius 1 is 1.00 bits per heavy atom. The molecular weight excluding hydrogens is 497 g/mol. The van der Waals surface area contributed by atoms with Crippen molar-refractivity contribution in [3.05, 3.63) is 101 Å². The van der Waals surface area contributed by atoms with E-state index >= 15 is 0 Å². The molecule has 1 aliphatic rings. The Labute approximate surface area is 214 Å². The number of allylic oxidation sites excluding steroid dienone is 1. The van der Waals surface area contributed by atoms with Crippen LogP contribution in [0.5, 0.6) is 0 Å². The molecule has 0 saturated carbocycles. The fraction of sp³-hybridized carbons (Fsp3) is 0.154. The van der Waals surface area contributed by atoms with E-state index in [2.05, 4.69) is 51.1 Å². The van der Waals surface area contributed by atoms with Gasteiger partial charge in [-0.15, -0.1) is 22.7 Å². The van der Waals surface area contributed by atoms with Gasteiger partial charge in [-0.3, -0.25) is 4.21 Å². The minimum Gasteiger partial charge on any atom is -0.760 e. The highest BCUT2D eigenvalue weighted by Gasteiger charge is 2.20. The summed E-state index contributed by atoms with van der Waals surface area (Å²) in [6, 6.07) is 20.0. The van der Waals surface area contributed by atoms with E-state index in [0.29, 0.717) is 12.8 Å². The molecule has 9 heteroatoms. The first-order chi connectivity index (χ1) is 17.1. The number of nitrogens with one attached hydrogen (secondary N) is 2. The minimum absolute atomic E-state index is 0.0764. The quantitative estimate of drug-likeness (QED) is 0.260. The second kappa shape index (κ2) is 11.2. The van der Waals surface area contributed by atoms with Crippen molar-refractivity contribution < 1.29 is 8.76 Å². The third-order valence-electron chi connectivity index (χ3n) is 5.64. The summed E-state index contributed by atoms with van der Waals surface area (Å²) in [6.07, 6.45) is 7.30. The van der Waals surface area contributed by atoms with Gasteiger partial charge in [-0.2, -0.15) is 0 Å². The van der Waals surface area contributed by atoms with E-state index in [1.165, 1.54) is 0 Å². The Hall–Kier alpha value is -2.95. The van der Waals surface area contributed by atoms with Gasteiger partial charge >= 0.3 is 0 Å². The summed E-state index contributed by atoms with van der Waals surface area (Å²) in [5, 5.41) is 9.58. The summed E-state index contributed by atoms with van der Waals surface area (Å²) >= 11 is 0.927. The Balaban J connectivity index is 1.38. The molecule has 5 rings (SSSR count). The van der Waals surface area contributed by atoms with Crippen molar-refractivity contribution in [1.82, 2.24) is 14.7 Å². The van der Waals surface area contributed by atoms with Crippen LogP contribution in [0.15, 0.2) is 95.2 Å². The summed E-state index contributed by atoms with van der Waals surface area (Å²) in [7, 11) is 0. The topological polar surface area (TPSA) is 90.0 Å². The molecular formula is C26H23N4O2S3-. The third kappa shape index (κ3) is 6.19. The largest absolute Gasteiger partial charge is 0.760 e. The lowest BCUT2D eigenvalue weighted by atomic mass is 9.97. The Bertz CT molecular complexity index is 1350. The first-order valence-corrected chi connectivity index (χ1v) is 14.0. The van der Waals surface area contributed by atoms with Crippen molar-refractivity contribution in [2.45, 2.75) is 24.9 Å². The van der Waals surface area contributed by atoms with E-state index in [0.717, 1.165) is 38.2 Å². The van der Waals surface area contributed by atoms with Gasteiger partial charge < -0.3 is 9.87 Å². The highest BCUT2D eigenvalue weighted by atomic mass is 32.2. The van der Waals surface area contributed by atoms with Crippen molar-refractivity contribution in [3.63, 3.8) is 0 Å². The maximum absolute atomic E-state index is 11.0. The number of anilines is 1. The number of hydrogen-bond donors (Lipinski definition) is 2. The maximum atomic E-state index is 11.0. The van der Waals surface area contributed by atoms with E-state index in [4.69, 9.17) is 9.97 Å². The van der Waals surface area contributed by atoms with Crippen LogP contribution in [0, 0.1) is 0 Å². The summed E-state index contributed by atoms with van der Waals surface area (Å²) < 4.78 is 24.4. The summed E-state index contributed by atoms with van der Waals surface area (Å²) in [6.45, 7) is 0. The van der Waals surface area contributed by atoms with Crippen molar-refractivity contribution in [2.75, 3.05) is 5.32 Å².